The van der Waals surface area contributed by atoms with Crippen molar-refractivity contribution in [2.75, 3.05) is 6.26 Å². The summed E-state index contributed by atoms with van der Waals surface area (Å²) >= 11 is 0. The molecule has 0 aliphatic rings. The molecule has 3 aromatic carbocycles. The summed E-state index contributed by atoms with van der Waals surface area (Å²) in [5, 5.41) is 9.80. The van der Waals surface area contributed by atoms with Gasteiger partial charge < -0.3 is 9.66 Å². The molecule has 2 unspecified atom stereocenters. The van der Waals surface area contributed by atoms with Gasteiger partial charge in [-0.2, -0.15) is 0 Å². The molecule has 0 spiro atoms. The molecular weight excluding hydrogens is 408 g/mol. The van der Waals surface area contributed by atoms with Gasteiger partial charge >= 0.3 is 0 Å². The number of aromatic hydroxyl groups is 1. The Labute approximate surface area is 175 Å². The van der Waals surface area contributed by atoms with Crippen molar-refractivity contribution in [3.8, 4) is 5.75 Å². The number of rotatable bonds is 6. The Morgan fingerprint density at radius 1 is 0.931 bits per heavy atom. The third kappa shape index (κ3) is 8.29. The molecule has 0 aliphatic carbocycles. The fourth-order valence-corrected chi connectivity index (χ4v) is 4.33. The van der Waals surface area contributed by atoms with Crippen molar-refractivity contribution in [1.82, 2.24) is 0 Å². The van der Waals surface area contributed by atoms with Crippen LogP contribution in [0.5, 0.6) is 5.75 Å². The lowest BCUT2D eigenvalue weighted by atomic mass is 10.2. The molecule has 0 saturated heterocycles. The minimum Gasteiger partial charge on any atom is -0.726 e. The van der Waals surface area contributed by atoms with Gasteiger partial charge in [-0.1, -0.05) is 60.7 Å². The summed E-state index contributed by atoms with van der Waals surface area (Å²) < 4.78 is 34.1. The molecule has 0 radical (unpaired) electrons. The summed E-state index contributed by atoms with van der Waals surface area (Å²) in [7, 11) is -4.42. The lowest BCUT2D eigenvalue weighted by molar-refractivity contribution is 0.253. The van der Waals surface area contributed by atoms with Crippen molar-refractivity contribution < 1.29 is 22.3 Å². The maximum Gasteiger partial charge on any atom is 0.217 e. The molecule has 3 aromatic rings. The fourth-order valence-electron chi connectivity index (χ4n) is 2.51. The highest BCUT2D eigenvalue weighted by atomic mass is 32.3. The van der Waals surface area contributed by atoms with Crippen LogP contribution in [-0.2, 0) is 32.1 Å². The maximum atomic E-state index is 10.0. The van der Waals surface area contributed by atoms with E-state index in [0.29, 0.717) is 16.6 Å². The fraction of sp³-hybridized carbons (Fsp3) is 0.182. The van der Waals surface area contributed by atoms with Gasteiger partial charge in [0.1, 0.15) is 17.3 Å². The Balaban J connectivity index is 0.000000221. The van der Waals surface area contributed by atoms with Crippen LogP contribution in [0.2, 0.25) is 0 Å². The average molecular weight is 433 g/mol. The van der Waals surface area contributed by atoms with Gasteiger partial charge in [0, 0.05) is 16.5 Å². The SMILES string of the molecule is CC(c1ccccc1)[S+](C)c1ccc(O)cc1.O=S(=O)([O-])OCc1ccccc1. The highest BCUT2D eigenvalue weighted by Crippen LogP contribution is 2.29. The average Bonchev–Trinajstić information content (AvgIpc) is 2.73. The Hall–Kier alpha value is -2.32. The third-order valence-corrected chi connectivity index (χ3v) is 6.98. The number of benzene rings is 3. The van der Waals surface area contributed by atoms with Crippen molar-refractivity contribution in [2.24, 2.45) is 0 Å². The van der Waals surface area contributed by atoms with Crippen molar-refractivity contribution in [2.45, 2.75) is 23.7 Å². The molecule has 0 amide bonds. The highest BCUT2D eigenvalue weighted by molar-refractivity contribution is 7.96. The first-order valence-electron chi connectivity index (χ1n) is 8.89. The first-order valence-corrected chi connectivity index (χ1v) is 11.9. The first kappa shape index (κ1) is 23.0. The van der Waals surface area contributed by atoms with Crippen LogP contribution in [0.3, 0.4) is 0 Å². The van der Waals surface area contributed by atoms with E-state index in [2.05, 4.69) is 41.6 Å². The van der Waals surface area contributed by atoms with Crippen LogP contribution in [0.1, 0.15) is 23.3 Å². The van der Waals surface area contributed by atoms with Crippen molar-refractivity contribution >= 4 is 21.3 Å². The zero-order chi connectivity index (χ0) is 21.3. The van der Waals surface area contributed by atoms with Gasteiger partial charge in [0.2, 0.25) is 10.4 Å². The summed E-state index contributed by atoms with van der Waals surface area (Å²) in [6.45, 7) is 2.05. The molecule has 5 nitrogen and oxygen atoms in total. The third-order valence-electron chi connectivity index (χ3n) is 4.22. The van der Waals surface area contributed by atoms with Gasteiger partial charge in [-0.25, -0.2) is 8.42 Å². The van der Waals surface area contributed by atoms with Crippen LogP contribution in [0.4, 0.5) is 0 Å². The summed E-state index contributed by atoms with van der Waals surface area (Å²) in [5.74, 6) is 0.332. The van der Waals surface area contributed by atoms with E-state index < -0.39 is 10.4 Å². The lowest BCUT2D eigenvalue weighted by Gasteiger charge is -2.11. The van der Waals surface area contributed by atoms with E-state index in [1.165, 1.54) is 10.5 Å². The van der Waals surface area contributed by atoms with Crippen LogP contribution >= 0.6 is 0 Å². The molecule has 0 bridgehead atoms. The van der Waals surface area contributed by atoms with E-state index in [0.717, 1.165) is 0 Å². The van der Waals surface area contributed by atoms with Crippen LogP contribution < -0.4 is 0 Å². The lowest BCUT2D eigenvalue weighted by Crippen LogP contribution is -2.09. The summed E-state index contributed by atoms with van der Waals surface area (Å²) in [4.78, 5) is 1.29. The van der Waals surface area contributed by atoms with E-state index in [9.17, 15) is 18.1 Å². The monoisotopic (exact) mass is 432 g/mol. The van der Waals surface area contributed by atoms with Gasteiger partial charge in [0.15, 0.2) is 4.90 Å². The molecule has 0 heterocycles. The molecule has 3 rings (SSSR count). The van der Waals surface area contributed by atoms with Crippen LogP contribution in [0.15, 0.2) is 89.8 Å². The molecular formula is C22H24O5S2. The largest absolute Gasteiger partial charge is 0.726 e. The second-order valence-electron chi connectivity index (χ2n) is 6.26. The summed E-state index contributed by atoms with van der Waals surface area (Å²) in [5.41, 5.74) is 2.02. The quantitative estimate of drug-likeness (QED) is 0.354. The van der Waals surface area contributed by atoms with Crippen molar-refractivity contribution in [3.05, 3.63) is 96.1 Å². The van der Waals surface area contributed by atoms with Crippen LogP contribution in [-0.4, -0.2) is 24.3 Å². The molecule has 2 atom stereocenters. The summed E-state index contributed by atoms with van der Waals surface area (Å²) in [6.07, 6.45) is 2.25. The van der Waals surface area contributed by atoms with E-state index in [1.54, 1.807) is 42.5 Å². The summed E-state index contributed by atoms with van der Waals surface area (Å²) in [6, 6.07) is 26.7. The normalized spacial score (nSPS) is 13.1. The smallest absolute Gasteiger partial charge is 0.217 e. The van der Waals surface area contributed by atoms with E-state index in [4.69, 9.17) is 0 Å². The number of hydrogen-bond donors (Lipinski definition) is 1. The Kier molecular flexibility index (Phi) is 8.72. The number of phenols is 1. The molecule has 154 valence electrons. The van der Waals surface area contributed by atoms with Gasteiger partial charge in [-0.3, -0.25) is 4.18 Å². The predicted octanol–water partition coefficient (Wildman–Crippen LogP) is 4.42. The number of phenolic OH excluding ortho intramolecular Hbond substituents is 1. The minimum absolute atomic E-state index is 0.151. The molecule has 0 saturated carbocycles. The van der Waals surface area contributed by atoms with Gasteiger partial charge in [-0.05, 0) is 36.8 Å². The van der Waals surface area contributed by atoms with Gasteiger partial charge in [0.25, 0.3) is 0 Å². The molecule has 0 aromatic heterocycles. The molecule has 1 N–H and O–H groups in total. The molecule has 7 heteroatoms. The molecule has 0 fully saturated rings. The zero-order valence-electron chi connectivity index (χ0n) is 16.3. The second kappa shape index (κ2) is 11.0. The van der Waals surface area contributed by atoms with Crippen molar-refractivity contribution in [3.63, 3.8) is 0 Å². The minimum atomic E-state index is -4.57. The maximum absolute atomic E-state index is 10.0. The van der Waals surface area contributed by atoms with Crippen molar-refractivity contribution in [1.29, 1.82) is 0 Å². The predicted molar refractivity (Wildman–Crippen MR) is 115 cm³/mol. The van der Waals surface area contributed by atoms with Gasteiger partial charge in [-0.15, -0.1) is 0 Å². The first-order chi connectivity index (χ1) is 13.8. The highest BCUT2D eigenvalue weighted by Gasteiger charge is 2.25. The Morgan fingerprint density at radius 2 is 1.45 bits per heavy atom. The van der Waals surface area contributed by atoms with Crippen LogP contribution in [0.25, 0.3) is 0 Å². The second-order valence-corrected chi connectivity index (χ2v) is 9.61. The molecule has 0 aliphatic heterocycles. The Morgan fingerprint density at radius 3 is 1.97 bits per heavy atom. The van der Waals surface area contributed by atoms with E-state index in [-0.39, 0.29) is 17.5 Å². The van der Waals surface area contributed by atoms with Gasteiger partial charge in [0.05, 0.1) is 6.61 Å². The Bertz CT molecular complexity index is 959. The van der Waals surface area contributed by atoms with Crippen LogP contribution in [0, 0.1) is 0 Å². The van der Waals surface area contributed by atoms with E-state index in [1.807, 2.05) is 18.2 Å². The zero-order valence-corrected chi connectivity index (χ0v) is 17.9. The topological polar surface area (TPSA) is 86.7 Å². The molecule has 29 heavy (non-hydrogen) atoms. The van der Waals surface area contributed by atoms with E-state index >= 15 is 0 Å². The number of hydrogen-bond acceptors (Lipinski definition) is 5. The standard InChI is InChI=1S/C15H16OS.C7H8O4S/c1-12(13-6-4-3-5-7-13)17(2)15-10-8-14(16)9-11-15;8-12(9,10)11-6-7-4-2-1-3-5-7/h3-12H,1-2H3;1-5H,6H2,(H,8,9,10).